The number of furan rings is 1. The van der Waals surface area contributed by atoms with Crippen LogP contribution in [0.4, 0.5) is 13.2 Å². The Morgan fingerprint density at radius 1 is 1.39 bits per heavy atom. The maximum absolute atomic E-state index is 12.6. The summed E-state index contributed by atoms with van der Waals surface area (Å²) < 4.78 is 42.6. The zero-order valence-electron chi connectivity index (χ0n) is 9.30. The second-order valence-corrected chi connectivity index (χ2v) is 4.23. The zero-order chi connectivity index (χ0) is 13.7. The van der Waals surface area contributed by atoms with Crippen molar-refractivity contribution in [2.24, 2.45) is 5.92 Å². The van der Waals surface area contributed by atoms with Crippen molar-refractivity contribution in [2.45, 2.75) is 25.9 Å². The summed E-state index contributed by atoms with van der Waals surface area (Å²) in [4.78, 5) is 22.4. The third-order valence-corrected chi connectivity index (χ3v) is 3.02. The highest BCUT2D eigenvalue weighted by atomic mass is 19.4. The Bertz CT molecular complexity index is 527. The molecule has 0 bridgehead atoms. The second-order valence-electron chi connectivity index (χ2n) is 4.23. The summed E-state index contributed by atoms with van der Waals surface area (Å²) in [5.74, 6) is -4.55. The monoisotopic (exact) mass is 262 g/mol. The molecule has 2 rings (SSSR count). The van der Waals surface area contributed by atoms with Crippen molar-refractivity contribution in [1.29, 1.82) is 0 Å². The van der Waals surface area contributed by atoms with E-state index in [0.29, 0.717) is 0 Å². The van der Waals surface area contributed by atoms with Gasteiger partial charge < -0.3 is 9.52 Å². The molecule has 0 spiro atoms. The first-order valence-corrected chi connectivity index (χ1v) is 5.17. The van der Waals surface area contributed by atoms with E-state index in [1.54, 1.807) is 0 Å². The average Bonchev–Trinajstić information content (AvgIpc) is 2.55. The van der Waals surface area contributed by atoms with Crippen molar-refractivity contribution < 1.29 is 32.3 Å². The molecule has 0 fully saturated rings. The first-order valence-electron chi connectivity index (χ1n) is 5.17. The van der Waals surface area contributed by atoms with Gasteiger partial charge in [0.25, 0.3) is 0 Å². The lowest BCUT2D eigenvalue weighted by atomic mass is 9.85. The van der Waals surface area contributed by atoms with Crippen LogP contribution >= 0.6 is 0 Å². The van der Waals surface area contributed by atoms with Gasteiger partial charge in [-0.1, -0.05) is 0 Å². The predicted octanol–water partition coefficient (Wildman–Crippen LogP) is 2.59. The van der Waals surface area contributed by atoms with E-state index in [4.69, 9.17) is 9.52 Å². The summed E-state index contributed by atoms with van der Waals surface area (Å²) in [5.41, 5.74) is 0.0935. The van der Waals surface area contributed by atoms with Crippen LogP contribution < -0.4 is 0 Å². The number of hydrogen-bond donors (Lipinski definition) is 1. The van der Waals surface area contributed by atoms with Crippen LogP contribution in [0.5, 0.6) is 0 Å². The highest BCUT2D eigenvalue weighted by Crippen LogP contribution is 2.39. The molecule has 18 heavy (non-hydrogen) atoms. The van der Waals surface area contributed by atoms with E-state index < -0.39 is 42.4 Å². The van der Waals surface area contributed by atoms with Crippen LogP contribution in [-0.4, -0.2) is 23.0 Å². The van der Waals surface area contributed by atoms with Gasteiger partial charge in [-0.05, 0) is 6.92 Å². The molecule has 7 heteroatoms. The van der Waals surface area contributed by atoms with E-state index in [-0.39, 0.29) is 16.9 Å². The molecule has 1 atom stereocenters. The van der Waals surface area contributed by atoms with E-state index in [1.165, 1.54) is 6.92 Å². The van der Waals surface area contributed by atoms with Gasteiger partial charge in [0.15, 0.2) is 5.78 Å². The summed E-state index contributed by atoms with van der Waals surface area (Å²) in [6.45, 7) is 1.36. The number of halogens is 3. The maximum atomic E-state index is 12.6. The summed E-state index contributed by atoms with van der Waals surface area (Å²) in [7, 11) is 0. The van der Waals surface area contributed by atoms with E-state index in [0.717, 1.165) is 0 Å². The Morgan fingerprint density at radius 3 is 2.50 bits per heavy atom. The fraction of sp³-hybridized carbons (Fsp3) is 0.455. The van der Waals surface area contributed by atoms with Crippen LogP contribution in [0.2, 0.25) is 0 Å². The fourth-order valence-electron chi connectivity index (χ4n) is 2.14. The maximum Gasteiger partial charge on any atom is 0.392 e. The minimum absolute atomic E-state index is 0.00657. The van der Waals surface area contributed by atoms with Gasteiger partial charge in [-0.15, -0.1) is 0 Å². The van der Waals surface area contributed by atoms with Crippen molar-refractivity contribution in [3.8, 4) is 0 Å². The van der Waals surface area contributed by atoms with Crippen molar-refractivity contribution in [3.05, 3.63) is 22.6 Å². The Balaban J connectivity index is 2.47. The van der Waals surface area contributed by atoms with E-state index in [1.807, 2.05) is 0 Å². The molecule has 0 amide bonds. The quantitative estimate of drug-likeness (QED) is 0.844. The molecule has 1 aliphatic carbocycles. The molecule has 0 unspecified atom stereocenters. The first-order chi connectivity index (χ1) is 8.21. The minimum Gasteiger partial charge on any atom is -0.475 e. The van der Waals surface area contributed by atoms with Crippen LogP contribution in [0, 0.1) is 12.8 Å². The van der Waals surface area contributed by atoms with Crippen LogP contribution in [0.3, 0.4) is 0 Å². The van der Waals surface area contributed by atoms with E-state index >= 15 is 0 Å². The third-order valence-electron chi connectivity index (χ3n) is 3.02. The smallest absolute Gasteiger partial charge is 0.392 e. The van der Waals surface area contributed by atoms with Crippen LogP contribution in [0.25, 0.3) is 0 Å². The number of carbonyl (C=O) groups excluding carboxylic acids is 1. The summed E-state index contributed by atoms with van der Waals surface area (Å²) >= 11 is 0. The number of fused-ring (bicyclic) bond motifs is 1. The molecule has 1 aliphatic rings. The van der Waals surface area contributed by atoms with Gasteiger partial charge >= 0.3 is 12.1 Å². The Hall–Kier alpha value is -1.79. The normalized spacial score (nSPS) is 19.8. The van der Waals surface area contributed by atoms with Gasteiger partial charge in [-0.2, -0.15) is 13.2 Å². The molecule has 0 saturated heterocycles. The SMILES string of the molecule is Cc1c(C(=O)O)oc2c1C(=O)C[C@H](C(F)(F)F)C2. The number of rotatable bonds is 1. The largest absolute Gasteiger partial charge is 0.475 e. The number of carbonyl (C=O) groups is 2. The lowest BCUT2D eigenvalue weighted by Gasteiger charge is -2.22. The number of carboxylic acid groups (broad SMARTS) is 1. The highest BCUT2D eigenvalue weighted by Gasteiger charge is 2.46. The predicted molar refractivity (Wildman–Crippen MR) is 52.6 cm³/mol. The average molecular weight is 262 g/mol. The number of carboxylic acids is 1. The summed E-state index contributed by atoms with van der Waals surface area (Å²) in [6.07, 6.45) is -5.63. The van der Waals surface area contributed by atoms with Gasteiger partial charge in [0.2, 0.25) is 5.76 Å². The van der Waals surface area contributed by atoms with E-state index in [9.17, 15) is 22.8 Å². The van der Waals surface area contributed by atoms with Crippen molar-refractivity contribution >= 4 is 11.8 Å². The van der Waals surface area contributed by atoms with Gasteiger partial charge in [0, 0.05) is 18.4 Å². The molecule has 1 aromatic rings. The molecule has 4 nitrogen and oxygen atoms in total. The topological polar surface area (TPSA) is 67.5 Å². The Labute approximate surface area is 99.4 Å². The lowest BCUT2D eigenvalue weighted by molar-refractivity contribution is -0.174. The second kappa shape index (κ2) is 3.86. The molecule has 0 saturated carbocycles. The number of aromatic carboxylic acids is 1. The van der Waals surface area contributed by atoms with Gasteiger partial charge in [0.1, 0.15) is 5.76 Å². The molecule has 0 aromatic carbocycles. The van der Waals surface area contributed by atoms with Gasteiger partial charge in [-0.3, -0.25) is 4.79 Å². The van der Waals surface area contributed by atoms with Crippen LogP contribution in [0.1, 0.15) is 38.7 Å². The van der Waals surface area contributed by atoms with Gasteiger partial charge in [-0.25, -0.2) is 4.79 Å². The highest BCUT2D eigenvalue weighted by molar-refractivity contribution is 6.02. The Morgan fingerprint density at radius 2 is 2.00 bits per heavy atom. The molecular formula is C11H9F3O4. The van der Waals surface area contributed by atoms with Crippen LogP contribution in [-0.2, 0) is 6.42 Å². The number of Topliss-reactive ketones (excluding diaryl/α,β-unsaturated/α-hetero) is 1. The lowest BCUT2D eigenvalue weighted by Crippen LogP contribution is -2.31. The summed E-state index contributed by atoms with van der Waals surface area (Å²) in [6, 6.07) is 0. The minimum atomic E-state index is -4.49. The number of hydrogen-bond acceptors (Lipinski definition) is 3. The molecule has 1 N–H and O–H groups in total. The van der Waals surface area contributed by atoms with Gasteiger partial charge in [0.05, 0.1) is 11.5 Å². The van der Waals surface area contributed by atoms with Crippen molar-refractivity contribution in [2.75, 3.05) is 0 Å². The van der Waals surface area contributed by atoms with Crippen molar-refractivity contribution in [3.63, 3.8) is 0 Å². The molecule has 1 aromatic heterocycles. The first kappa shape index (κ1) is 12.7. The standard InChI is InChI=1S/C11H9F3O4/c1-4-8-6(15)2-5(11(12,13)14)3-7(8)18-9(4)10(16)17/h5H,2-3H2,1H3,(H,16,17)/t5-/m0/s1. The number of ketones is 1. The molecule has 0 radical (unpaired) electrons. The Kier molecular flexibility index (Phi) is 2.71. The van der Waals surface area contributed by atoms with Crippen molar-refractivity contribution in [1.82, 2.24) is 0 Å². The zero-order valence-corrected chi connectivity index (χ0v) is 9.30. The fourth-order valence-corrected chi connectivity index (χ4v) is 2.14. The molecule has 1 heterocycles. The third kappa shape index (κ3) is 1.89. The molecular weight excluding hydrogens is 253 g/mol. The molecule has 0 aliphatic heterocycles. The van der Waals surface area contributed by atoms with Crippen LogP contribution in [0.15, 0.2) is 4.42 Å². The van der Waals surface area contributed by atoms with E-state index in [2.05, 4.69) is 0 Å². The number of alkyl halides is 3. The summed E-state index contributed by atoms with van der Waals surface area (Å²) in [5, 5.41) is 8.80. The molecule has 98 valence electrons.